The van der Waals surface area contributed by atoms with Crippen molar-refractivity contribution in [3.63, 3.8) is 0 Å². The van der Waals surface area contributed by atoms with E-state index in [4.69, 9.17) is 11.6 Å². The molecule has 0 saturated carbocycles. The van der Waals surface area contributed by atoms with Crippen LogP contribution in [0.1, 0.15) is 17.3 Å². The maximum Gasteiger partial charge on any atom is 0.253 e. The number of nitrogens with zero attached hydrogens (tertiary/aromatic N) is 1. The van der Waals surface area contributed by atoms with Gasteiger partial charge in [-0.15, -0.1) is 11.6 Å². The van der Waals surface area contributed by atoms with Gasteiger partial charge < -0.3 is 4.90 Å². The van der Waals surface area contributed by atoms with Crippen molar-refractivity contribution >= 4 is 17.5 Å². The minimum Gasteiger partial charge on any atom is -0.338 e. The summed E-state index contributed by atoms with van der Waals surface area (Å²) >= 11 is 5.54. The van der Waals surface area contributed by atoms with Crippen molar-refractivity contribution in [2.24, 2.45) is 0 Å². The molecule has 2 nitrogen and oxygen atoms in total. The average molecular weight is 248 g/mol. The first kappa shape index (κ1) is 12.9. The molecule has 0 fully saturated rings. The summed E-state index contributed by atoms with van der Waals surface area (Å²) < 4.78 is 25.6. The summed E-state index contributed by atoms with van der Waals surface area (Å²) in [5.41, 5.74) is 0.130. The highest BCUT2D eigenvalue weighted by molar-refractivity contribution is 6.18. The van der Waals surface area contributed by atoms with Crippen LogP contribution < -0.4 is 0 Å². The Morgan fingerprint density at radius 2 is 2.06 bits per heavy atom. The van der Waals surface area contributed by atoms with Gasteiger partial charge in [-0.1, -0.05) is 0 Å². The van der Waals surface area contributed by atoms with Crippen LogP contribution in [0.5, 0.6) is 0 Å². The highest BCUT2D eigenvalue weighted by Gasteiger charge is 2.15. The molecular formula is C11H12ClF2NO. The van der Waals surface area contributed by atoms with E-state index in [-0.39, 0.29) is 11.5 Å². The first-order chi connectivity index (χ1) is 7.60. The molecule has 0 aromatic heterocycles. The minimum atomic E-state index is -1.02. The van der Waals surface area contributed by atoms with Crippen LogP contribution in [-0.2, 0) is 0 Å². The first-order valence-corrected chi connectivity index (χ1v) is 5.44. The number of carbonyl (C=O) groups excluding carboxylic acids is 1. The van der Waals surface area contributed by atoms with E-state index in [0.717, 1.165) is 12.1 Å². The summed E-state index contributed by atoms with van der Waals surface area (Å²) in [6.45, 7) is 2.66. The molecule has 0 aliphatic heterocycles. The zero-order valence-electron chi connectivity index (χ0n) is 8.84. The van der Waals surface area contributed by atoms with E-state index < -0.39 is 11.6 Å². The van der Waals surface area contributed by atoms with Gasteiger partial charge in [0.25, 0.3) is 5.91 Å². The smallest absolute Gasteiger partial charge is 0.253 e. The Bertz CT molecular complexity index is 384. The van der Waals surface area contributed by atoms with Gasteiger partial charge in [-0.05, 0) is 25.1 Å². The van der Waals surface area contributed by atoms with Gasteiger partial charge in [0.15, 0.2) is 11.6 Å². The minimum absolute atomic E-state index is 0.130. The molecule has 1 aromatic carbocycles. The second kappa shape index (κ2) is 5.80. The molecule has 0 unspecified atom stereocenters. The number of hydrogen-bond donors (Lipinski definition) is 0. The van der Waals surface area contributed by atoms with E-state index in [9.17, 15) is 13.6 Å². The molecule has 0 spiro atoms. The summed E-state index contributed by atoms with van der Waals surface area (Å²) in [6.07, 6.45) is 0. The molecule has 0 atom stereocenters. The molecule has 0 aliphatic carbocycles. The molecule has 5 heteroatoms. The predicted molar refractivity (Wildman–Crippen MR) is 58.7 cm³/mol. The lowest BCUT2D eigenvalue weighted by Gasteiger charge is -2.19. The Hall–Kier alpha value is -1.16. The SMILES string of the molecule is CCN(CCCl)C(=O)c1ccc(F)c(F)c1. The van der Waals surface area contributed by atoms with Gasteiger partial charge in [0.05, 0.1) is 0 Å². The van der Waals surface area contributed by atoms with E-state index in [0.29, 0.717) is 19.0 Å². The molecule has 1 aromatic rings. The van der Waals surface area contributed by atoms with Crippen LogP contribution in [0.3, 0.4) is 0 Å². The molecule has 0 saturated heterocycles. The van der Waals surface area contributed by atoms with Gasteiger partial charge in [-0.2, -0.15) is 0 Å². The summed E-state index contributed by atoms with van der Waals surface area (Å²) in [7, 11) is 0. The Kier molecular flexibility index (Phi) is 4.68. The molecule has 0 N–H and O–H groups in total. The summed E-state index contributed by atoms with van der Waals surface area (Å²) in [6, 6.07) is 3.10. The van der Waals surface area contributed by atoms with Crippen LogP contribution in [0, 0.1) is 11.6 Å². The van der Waals surface area contributed by atoms with Gasteiger partial charge in [-0.25, -0.2) is 8.78 Å². The summed E-state index contributed by atoms with van der Waals surface area (Å²) in [5, 5.41) is 0. The molecule has 16 heavy (non-hydrogen) atoms. The quantitative estimate of drug-likeness (QED) is 0.749. The van der Waals surface area contributed by atoms with Gasteiger partial charge >= 0.3 is 0 Å². The van der Waals surface area contributed by atoms with E-state index in [2.05, 4.69) is 0 Å². The Labute approximate surface area is 97.8 Å². The monoisotopic (exact) mass is 247 g/mol. The molecular weight excluding hydrogens is 236 g/mol. The van der Waals surface area contributed by atoms with Crippen LogP contribution in [0.15, 0.2) is 18.2 Å². The van der Waals surface area contributed by atoms with Crippen LogP contribution in [0.25, 0.3) is 0 Å². The Morgan fingerprint density at radius 1 is 1.38 bits per heavy atom. The van der Waals surface area contributed by atoms with Crippen molar-refractivity contribution < 1.29 is 13.6 Å². The number of rotatable bonds is 4. The van der Waals surface area contributed by atoms with Gasteiger partial charge in [0.2, 0.25) is 0 Å². The number of carbonyl (C=O) groups is 1. The van der Waals surface area contributed by atoms with Crippen LogP contribution >= 0.6 is 11.6 Å². The number of hydrogen-bond acceptors (Lipinski definition) is 1. The van der Waals surface area contributed by atoms with Crippen LogP contribution in [0.4, 0.5) is 8.78 Å². The van der Waals surface area contributed by atoms with E-state index >= 15 is 0 Å². The normalized spacial score (nSPS) is 10.2. The number of amides is 1. The fourth-order valence-electron chi connectivity index (χ4n) is 1.32. The van der Waals surface area contributed by atoms with Gasteiger partial charge in [0.1, 0.15) is 0 Å². The third-order valence-electron chi connectivity index (χ3n) is 2.19. The largest absolute Gasteiger partial charge is 0.338 e. The van der Waals surface area contributed by atoms with Crippen molar-refractivity contribution in [3.8, 4) is 0 Å². The van der Waals surface area contributed by atoms with E-state index in [1.54, 1.807) is 6.92 Å². The Balaban J connectivity index is 2.90. The molecule has 0 bridgehead atoms. The lowest BCUT2D eigenvalue weighted by atomic mass is 10.2. The van der Waals surface area contributed by atoms with Crippen LogP contribution in [-0.4, -0.2) is 29.8 Å². The number of benzene rings is 1. The summed E-state index contributed by atoms with van der Waals surface area (Å²) in [4.78, 5) is 13.3. The average Bonchev–Trinajstić information content (AvgIpc) is 2.28. The van der Waals surface area contributed by atoms with Crippen LogP contribution in [0.2, 0.25) is 0 Å². The number of halogens is 3. The maximum absolute atomic E-state index is 12.9. The third kappa shape index (κ3) is 2.92. The zero-order chi connectivity index (χ0) is 12.1. The summed E-state index contributed by atoms with van der Waals surface area (Å²) in [5.74, 6) is -2.02. The fourth-order valence-corrected chi connectivity index (χ4v) is 1.52. The van der Waals surface area contributed by atoms with Crippen molar-refractivity contribution in [2.45, 2.75) is 6.92 Å². The second-order valence-corrected chi connectivity index (χ2v) is 3.58. The highest BCUT2D eigenvalue weighted by atomic mass is 35.5. The predicted octanol–water partition coefficient (Wildman–Crippen LogP) is 2.67. The third-order valence-corrected chi connectivity index (χ3v) is 2.36. The highest BCUT2D eigenvalue weighted by Crippen LogP contribution is 2.11. The molecule has 88 valence electrons. The Morgan fingerprint density at radius 3 is 2.56 bits per heavy atom. The first-order valence-electron chi connectivity index (χ1n) is 4.90. The molecule has 1 rings (SSSR count). The van der Waals surface area contributed by atoms with Gasteiger partial charge in [0, 0.05) is 24.5 Å². The molecule has 1 amide bonds. The van der Waals surface area contributed by atoms with E-state index in [1.807, 2.05) is 0 Å². The lowest BCUT2D eigenvalue weighted by molar-refractivity contribution is 0.0773. The maximum atomic E-state index is 12.9. The molecule has 0 radical (unpaired) electrons. The zero-order valence-corrected chi connectivity index (χ0v) is 9.60. The van der Waals surface area contributed by atoms with Crippen molar-refractivity contribution in [3.05, 3.63) is 35.4 Å². The molecule has 0 aliphatic rings. The standard InChI is InChI=1S/C11H12ClF2NO/c1-2-15(6-5-12)11(16)8-3-4-9(13)10(14)7-8/h3-4,7H,2,5-6H2,1H3. The topological polar surface area (TPSA) is 20.3 Å². The van der Waals surface area contributed by atoms with Crippen molar-refractivity contribution in [1.82, 2.24) is 4.90 Å². The second-order valence-electron chi connectivity index (χ2n) is 3.20. The van der Waals surface area contributed by atoms with Crippen molar-refractivity contribution in [1.29, 1.82) is 0 Å². The lowest BCUT2D eigenvalue weighted by Crippen LogP contribution is -2.32. The van der Waals surface area contributed by atoms with Crippen molar-refractivity contribution in [2.75, 3.05) is 19.0 Å². The number of alkyl halides is 1. The molecule has 0 heterocycles. The fraction of sp³-hybridized carbons (Fsp3) is 0.364. The van der Waals surface area contributed by atoms with Gasteiger partial charge in [-0.3, -0.25) is 4.79 Å². The van der Waals surface area contributed by atoms with E-state index in [1.165, 1.54) is 11.0 Å².